The zero-order chi connectivity index (χ0) is 20.6. The van der Waals surface area contributed by atoms with Crippen LogP contribution >= 0.6 is 24.0 Å². The molecule has 0 aliphatic carbocycles. The zero-order valence-corrected chi connectivity index (χ0v) is 20.3. The van der Waals surface area contributed by atoms with Crippen LogP contribution < -0.4 is 15.8 Å². The first-order chi connectivity index (χ1) is 14.8. The van der Waals surface area contributed by atoms with Crippen molar-refractivity contribution in [1.29, 1.82) is 0 Å². The van der Waals surface area contributed by atoms with Crippen molar-refractivity contribution >= 4 is 29.9 Å². The summed E-state index contributed by atoms with van der Waals surface area (Å²) in [5.74, 6) is 1.54. The molecule has 2 aliphatic rings. The van der Waals surface area contributed by atoms with Crippen molar-refractivity contribution in [2.24, 2.45) is 10.7 Å². The molecule has 0 atom stereocenters. The molecule has 7 heteroatoms. The van der Waals surface area contributed by atoms with Crippen LogP contribution in [0.5, 0.6) is 5.75 Å². The van der Waals surface area contributed by atoms with Crippen LogP contribution in [0, 0.1) is 0 Å². The van der Waals surface area contributed by atoms with Gasteiger partial charge in [0.25, 0.3) is 0 Å². The second-order valence-corrected chi connectivity index (χ2v) is 7.91. The molecule has 31 heavy (non-hydrogen) atoms. The number of ether oxygens (including phenoxy) is 2. The Balaban J connectivity index is 0.00000272. The van der Waals surface area contributed by atoms with Gasteiger partial charge >= 0.3 is 0 Å². The average molecular weight is 536 g/mol. The van der Waals surface area contributed by atoms with E-state index in [1.54, 1.807) is 0 Å². The summed E-state index contributed by atoms with van der Waals surface area (Å²) in [5, 5.41) is 3.22. The van der Waals surface area contributed by atoms with Crippen LogP contribution in [0.15, 0.2) is 47.5 Å². The first kappa shape index (κ1) is 23.8. The molecule has 0 amide bonds. The fourth-order valence-electron chi connectivity index (χ4n) is 3.92. The highest BCUT2D eigenvalue weighted by molar-refractivity contribution is 14.0. The number of rotatable bonds is 7. The Morgan fingerprint density at radius 3 is 2.61 bits per heavy atom. The first-order valence-corrected chi connectivity index (χ1v) is 11.0. The topological polar surface area (TPSA) is 72.1 Å². The van der Waals surface area contributed by atoms with Gasteiger partial charge in [0.1, 0.15) is 5.75 Å². The summed E-state index contributed by atoms with van der Waals surface area (Å²) in [6.07, 6.45) is 3.24. The lowest BCUT2D eigenvalue weighted by Crippen LogP contribution is -2.39. The SMILES string of the molecule is I.NC(=NCc1ccc(-c2ccc3c(c2)CCCO3)cc1)NCCCN1CCOCC1. The van der Waals surface area contributed by atoms with Crippen LogP contribution in [0.1, 0.15) is 24.0 Å². The van der Waals surface area contributed by atoms with Crippen molar-refractivity contribution in [2.75, 3.05) is 46.0 Å². The Hall–Kier alpha value is -1.84. The van der Waals surface area contributed by atoms with E-state index in [2.05, 4.69) is 57.7 Å². The number of halogens is 1. The third kappa shape index (κ3) is 7.08. The number of aryl methyl sites for hydroxylation is 1. The molecule has 0 aromatic heterocycles. The molecule has 0 spiro atoms. The second kappa shape index (κ2) is 12.3. The largest absolute Gasteiger partial charge is 0.493 e. The summed E-state index contributed by atoms with van der Waals surface area (Å²) in [4.78, 5) is 6.90. The number of nitrogens with zero attached hydrogens (tertiary/aromatic N) is 2. The Morgan fingerprint density at radius 1 is 1.03 bits per heavy atom. The van der Waals surface area contributed by atoms with Gasteiger partial charge in [-0.3, -0.25) is 4.90 Å². The lowest BCUT2D eigenvalue weighted by Gasteiger charge is -2.26. The van der Waals surface area contributed by atoms with E-state index in [9.17, 15) is 0 Å². The fourth-order valence-corrected chi connectivity index (χ4v) is 3.92. The maximum absolute atomic E-state index is 6.02. The molecule has 2 aromatic rings. The number of morpholine rings is 1. The highest BCUT2D eigenvalue weighted by Gasteiger charge is 2.11. The van der Waals surface area contributed by atoms with Crippen molar-refractivity contribution < 1.29 is 9.47 Å². The molecular formula is C24H33IN4O2. The molecule has 1 saturated heterocycles. The van der Waals surface area contributed by atoms with Gasteiger partial charge in [-0.05, 0) is 60.2 Å². The molecule has 4 rings (SSSR count). The van der Waals surface area contributed by atoms with E-state index in [4.69, 9.17) is 15.2 Å². The summed E-state index contributed by atoms with van der Waals surface area (Å²) in [5.41, 5.74) is 10.9. The molecule has 168 valence electrons. The summed E-state index contributed by atoms with van der Waals surface area (Å²) < 4.78 is 11.1. The van der Waals surface area contributed by atoms with Gasteiger partial charge in [0, 0.05) is 19.6 Å². The van der Waals surface area contributed by atoms with E-state index in [-0.39, 0.29) is 24.0 Å². The van der Waals surface area contributed by atoms with Crippen LogP contribution in [0.3, 0.4) is 0 Å². The van der Waals surface area contributed by atoms with Gasteiger partial charge in [-0.2, -0.15) is 0 Å². The van der Waals surface area contributed by atoms with E-state index in [1.807, 2.05) is 0 Å². The van der Waals surface area contributed by atoms with Crippen LogP contribution in [0.2, 0.25) is 0 Å². The normalized spacial score (nSPS) is 16.7. The van der Waals surface area contributed by atoms with Gasteiger partial charge in [0.2, 0.25) is 0 Å². The van der Waals surface area contributed by atoms with E-state index >= 15 is 0 Å². The molecule has 0 unspecified atom stereocenters. The molecule has 2 aliphatic heterocycles. The average Bonchev–Trinajstić information content (AvgIpc) is 2.81. The Morgan fingerprint density at radius 2 is 1.81 bits per heavy atom. The monoisotopic (exact) mass is 536 g/mol. The summed E-state index contributed by atoms with van der Waals surface area (Å²) in [7, 11) is 0. The van der Waals surface area contributed by atoms with E-state index < -0.39 is 0 Å². The molecule has 1 fully saturated rings. The molecule has 3 N–H and O–H groups in total. The van der Waals surface area contributed by atoms with E-state index in [1.165, 1.54) is 16.7 Å². The predicted octanol–water partition coefficient (Wildman–Crippen LogP) is 3.42. The van der Waals surface area contributed by atoms with Crippen molar-refractivity contribution in [3.8, 4) is 16.9 Å². The van der Waals surface area contributed by atoms with Crippen LogP contribution in [0.4, 0.5) is 0 Å². The standard InChI is InChI=1S/C24H32N4O2.HI/c25-24(26-10-2-11-28-12-15-29-16-13-28)27-18-19-4-6-20(7-5-19)21-8-9-23-22(17-21)3-1-14-30-23;/h4-9,17H,1-3,10-16,18H2,(H3,25,26,27);1H. The number of hydrogen-bond acceptors (Lipinski definition) is 4. The maximum Gasteiger partial charge on any atom is 0.188 e. The molecular weight excluding hydrogens is 503 g/mol. The molecule has 0 saturated carbocycles. The number of nitrogens with one attached hydrogen (secondary N) is 1. The molecule has 6 nitrogen and oxygen atoms in total. The van der Waals surface area contributed by atoms with E-state index in [0.717, 1.165) is 76.6 Å². The predicted molar refractivity (Wildman–Crippen MR) is 136 cm³/mol. The minimum atomic E-state index is 0. The van der Waals surface area contributed by atoms with Crippen molar-refractivity contribution in [3.63, 3.8) is 0 Å². The highest BCUT2D eigenvalue weighted by atomic mass is 127. The maximum atomic E-state index is 6.02. The number of aliphatic imine (C=N–C) groups is 1. The first-order valence-electron chi connectivity index (χ1n) is 11.0. The second-order valence-electron chi connectivity index (χ2n) is 7.91. The lowest BCUT2D eigenvalue weighted by molar-refractivity contribution is 0.0376. The number of nitrogens with two attached hydrogens (primary N) is 1. The van der Waals surface area contributed by atoms with Crippen LogP contribution in [-0.2, 0) is 17.7 Å². The Bertz CT molecular complexity index is 851. The van der Waals surface area contributed by atoms with Crippen LogP contribution in [-0.4, -0.2) is 56.9 Å². The number of fused-ring (bicyclic) bond motifs is 1. The summed E-state index contributed by atoms with van der Waals surface area (Å²) >= 11 is 0. The summed E-state index contributed by atoms with van der Waals surface area (Å²) in [6, 6.07) is 15.0. The number of benzene rings is 2. The highest BCUT2D eigenvalue weighted by Crippen LogP contribution is 2.30. The van der Waals surface area contributed by atoms with Gasteiger partial charge < -0.3 is 20.5 Å². The van der Waals surface area contributed by atoms with Crippen molar-refractivity contribution in [3.05, 3.63) is 53.6 Å². The smallest absolute Gasteiger partial charge is 0.188 e. The van der Waals surface area contributed by atoms with Gasteiger partial charge in [-0.25, -0.2) is 4.99 Å². The minimum Gasteiger partial charge on any atom is -0.493 e. The third-order valence-corrected chi connectivity index (χ3v) is 5.69. The van der Waals surface area contributed by atoms with Crippen LogP contribution in [0.25, 0.3) is 11.1 Å². The molecule has 0 bridgehead atoms. The Labute approximate surface area is 202 Å². The fraction of sp³-hybridized carbons (Fsp3) is 0.458. The van der Waals surface area contributed by atoms with Crippen molar-refractivity contribution in [1.82, 2.24) is 10.2 Å². The molecule has 2 aromatic carbocycles. The van der Waals surface area contributed by atoms with Gasteiger partial charge in [-0.1, -0.05) is 30.3 Å². The summed E-state index contributed by atoms with van der Waals surface area (Å²) in [6.45, 7) is 7.06. The number of guanidine groups is 1. The van der Waals surface area contributed by atoms with Gasteiger partial charge in [0.05, 0.1) is 26.4 Å². The molecule has 2 heterocycles. The van der Waals surface area contributed by atoms with Gasteiger partial charge in [-0.15, -0.1) is 24.0 Å². The lowest BCUT2D eigenvalue weighted by atomic mass is 9.98. The zero-order valence-electron chi connectivity index (χ0n) is 18.0. The minimum absolute atomic E-state index is 0. The number of hydrogen-bond donors (Lipinski definition) is 2. The Kier molecular flexibility index (Phi) is 9.42. The quantitative estimate of drug-likeness (QED) is 0.246. The van der Waals surface area contributed by atoms with Crippen molar-refractivity contribution in [2.45, 2.75) is 25.8 Å². The third-order valence-electron chi connectivity index (χ3n) is 5.69. The van der Waals surface area contributed by atoms with E-state index in [0.29, 0.717) is 12.5 Å². The molecule has 0 radical (unpaired) electrons. The van der Waals surface area contributed by atoms with Gasteiger partial charge in [0.15, 0.2) is 5.96 Å².